The van der Waals surface area contributed by atoms with E-state index in [-0.39, 0.29) is 23.3 Å². The first-order valence-electron chi connectivity index (χ1n) is 10.5. The number of esters is 1. The molecule has 0 saturated carbocycles. The minimum Gasteiger partial charge on any atom is -0.449 e. The molecule has 1 aromatic heterocycles. The average Bonchev–Trinajstić information content (AvgIpc) is 3.14. The largest absolute Gasteiger partial charge is 0.449 e. The molecular weight excluding hydrogens is 496 g/mol. The van der Waals surface area contributed by atoms with Crippen molar-refractivity contribution in [2.75, 3.05) is 0 Å². The Labute approximate surface area is 204 Å². The van der Waals surface area contributed by atoms with Crippen LogP contribution >= 0.6 is 15.9 Å². The second-order valence-corrected chi connectivity index (χ2v) is 9.04. The predicted molar refractivity (Wildman–Crippen MR) is 131 cm³/mol. The van der Waals surface area contributed by atoms with Crippen LogP contribution in [0.15, 0.2) is 81.0 Å². The van der Waals surface area contributed by atoms with E-state index in [1.165, 1.54) is 0 Å². The van der Waals surface area contributed by atoms with Crippen molar-refractivity contribution >= 4 is 32.9 Å². The first kappa shape index (κ1) is 21.8. The van der Waals surface area contributed by atoms with E-state index in [2.05, 4.69) is 22.0 Å². The minimum absolute atomic E-state index is 0.0303. The highest BCUT2D eigenvalue weighted by Crippen LogP contribution is 2.43. The van der Waals surface area contributed by atoms with Crippen LogP contribution in [0.5, 0.6) is 11.5 Å². The zero-order valence-corrected chi connectivity index (χ0v) is 20.0. The second kappa shape index (κ2) is 8.40. The van der Waals surface area contributed by atoms with Gasteiger partial charge in [-0.15, -0.1) is 0 Å². The quantitative estimate of drug-likeness (QED) is 0.256. The number of fused-ring (bicyclic) bond motifs is 2. The number of ether oxygens (including phenoxy) is 2. The maximum atomic E-state index is 12.9. The number of hydrogen-bond donors (Lipinski definition) is 1. The monoisotopic (exact) mass is 514 g/mol. The summed E-state index contributed by atoms with van der Waals surface area (Å²) in [5.41, 5.74) is 10.5. The molecule has 168 valence electrons. The van der Waals surface area contributed by atoms with Crippen LogP contribution in [-0.2, 0) is 0 Å². The molecular formula is C27H19BrN2O4. The molecule has 0 aliphatic carbocycles. The van der Waals surface area contributed by atoms with Gasteiger partial charge in [-0.05, 0) is 43.7 Å². The van der Waals surface area contributed by atoms with Gasteiger partial charge in [-0.2, -0.15) is 5.26 Å². The molecule has 2 heterocycles. The number of allylic oxidation sites excluding steroid dienone is 1. The number of carbonyl (C=O) groups is 1. The lowest BCUT2D eigenvalue weighted by atomic mass is 9.83. The van der Waals surface area contributed by atoms with Gasteiger partial charge in [0.1, 0.15) is 28.7 Å². The standard InChI is InChI=1S/C27H19BrN2O4/c1-14-3-5-16(6-4-14)24-19-9-8-18(12-23(19)34-26(30)21(24)13-29)32-27(31)25-15(2)20-11-17(28)7-10-22(20)33-25/h3-12,24H,30H2,1-2H3. The molecule has 0 radical (unpaired) electrons. The molecule has 1 atom stereocenters. The zero-order chi connectivity index (χ0) is 24.0. The van der Waals surface area contributed by atoms with Gasteiger partial charge in [-0.25, -0.2) is 4.79 Å². The van der Waals surface area contributed by atoms with Crippen LogP contribution < -0.4 is 15.2 Å². The van der Waals surface area contributed by atoms with Crippen molar-refractivity contribution in [1.82, 2.24) is 0 Å². The van der Waals surface area contributed by atoms with E-state index in [4.69, 9.17) is 19.6 Å². The summed E-state index contributed by atoms with van der Waals surface area (Å²) in [5, 5.41) is 10.6. The van der Waals surface area contributed by atoms with Gasteiger partial charge in [0.2, 0.25) is 11.6 Å². The maximum Gasteiger partial charge on any atom is 0.379 e. The number of aryl methyl sites for hydroxylation is 2. The van der Waals surface area contributed by atoms with E-state index in [1.54, 1.807) is 24.3 Å². The number of carbonyl (C=O) groups excluding carboxylic acids is 1. The number of hydrogen-bond acceptors (Lipinski definition) is 6. The van der Waals surface area contributed by atoms with Crippen LogP contribution in [0.3, 0.4) is 0 Å². The first-order chi connectivity index (χ1) is 16.4. The van der Waals surface area contributed by atoms with Crippen molar-refractivity contribution in [1.29, 1.82) is 5.26 Å². The Morgan fingerprint density at radius 1 is 1.09 bits per heavy atom. The summed E-state index contributed by atoms with van der Waals surface area (Å²) in [7, 11) is 0. The number of nitrogens with zero attached hydrogens (tertiary/aromatic N) is 1. The first-order valence-corrected chi connectivity index (χ1v) is 11.3. The van der Waals surface area contributed by atoms with E-state index >= 15 is 0 Å². The fraction of sp³-hybridized carbons (Fsp3) is 0.111. The van der Waals surface area contributed by atoms with Gasteiger partial charge in [0, 0.05) is 27.1 Å². The molecule has 0 spiro atoms. The fourth-order valence-electron chi connectivity index (χ4n) is 4.14. The zero-order valence-electron chi connectivity index (χ0n) is 18.4. The molecule has 0 amide bonds. The van der Waals surface area contributed by atoms with Gasteiger partial charge in [0.05, 0.1) is 5.92 Å². The van der Waals surface area contributed by atoms with E-state index in [1.807, 2.05) is 50.2 Å². The Morgan fingerprint density at radius 3 is 2.59 bits per heavy atom. The van der Waals surface area contributed by atoms with Crippen LogP contribution in [0, 0.1) is 25.2 Å². The molecule has 6 nitrogen and oxygen atoms in total. The third-order valence-corrected chi connectivity index (χ3v) is 6.39. The van der Waals surface area contributed by atoms with Gasteiger partial charge < -0.3 is 19.6 Å². The summed E-state index contributed by atoms with van der Waals surface area (Å²) in [4.78, 5) is 12.9. The summed E-state index contributed by atoms with van der Waals surface area (Å²) in [6.07, 6.45) is 0. The van der Waals surface area contributed by atoms with Crippen molar-refractivity contribution in [3.05, 3.63) is 105 Å². The summed E-state index contributed by atoms with van der Waals surface area (Å²) < 4.78 is 18.0. The number of rotatable bonds is 3. The third kappa shape index (κ3) is 3.72. The molecule has 1 unspecified atom stereocenters. The number of nitriles is 1. The van der Waals surface area contributed by atoms with Gasteiger partial charge in [-0.3, -0.25) is 0 Å². The Balaban J connectivity index is 1.49. The Morgan fingerprint density at radius 2 is 1.85 bits per heavy atom. The second-order valence-electron chi connectivity index (χ2n) is 8.12. The summed E-state index contributed by atoms with van der Waals surface area (Å²) in [5.74, 6) is -0.122. The molecule has 1 aliphatic heterocycles. The number of nitrogens with two attached hydrogens (primary N) is 1. The van der Waals surface area contributed by atoms with Crippen molar-refractivity contribution in [3.63, 3.8) is 0 Å². The fourth-order valence-corrected chi connectivity index (χ4v) is 4.50. The highest BCUT2D eigenvalue weighted by Gasteiger charge is 2.31. The molecule has 4 aromatic rings. The van der Waals surface area contributed by atoms with E-state index in [9.17, 15) is 10.1 Å². The number of furan rings is 1. The average molecular weight is 515 g/mol. The van der Waals surface area contributed by atoms with Gasteiger partial charge in [0.15, 0.2) is 0 Å². The molecule has 7 heteroatoms. The third-order valence-electron chi connectivity index (χ3n) is 5.90. The highest BCUT2D eigenvalue weighted by molar-refractivity contribution is 9.10. The molecule has 0 saturated heterocycles. The summed E-state index contributed by atoms with van der Waals surface area (Å²) >= 11 is 3.44. The van der Waals surface area contributed by atoms with Crippen LogP contribution in [0.1, 0.15) is 38.7 Å². The molecule has 3 aromatic carbocycles. The topological polar surface area (TPSA) is 98.5 Å². The lowest BCUT2D eigenvalue weighted by Gasteiger charge is -2.26. The minimum atomic E-state index is -0.614. The predicted octanol–water partition coefficient (Wildman–Crippen LogP) is 6.25. The van der Waals surface area contributed by atoms with Crippen molar-refractivity contribution < 1.29 is 18.7 Å². The summed E-state index contributed by atoms with van der Waals surface area (Å²) in [6.45, 7) is 3.81. The highest BCUT2D eigenvalue weighted by atomic mass is 79.9. The molecule has 2 N–H and O–H groups in total. The van der Waals surface area contributed by atoms with Crippen molar-refractivity contribution in [2.45, 2.75) is 19.8 Å². The Bertz CT molecular complexity index is 1530. The van der Waals surface area contributed by atoms with Crippen LogP contribution in [0.2, 0.25) is 0 Å². The molecule has 1 aliphatic rings. The lowest BCUT2D eigenvalue weighted by Crippen LogP contribution is -2.21. The molecule has 5 rings (SSSR count). The number of halogens is 1. The maximum absolute atomic E-state index is 12.9. The smallest absolute Gasteiger partial charge is 0.379 e. The Kier molecular flexibility index (Phi) is 5.39. The number of benzene rings is 3. The normalized spacial score (nSPS) is 14.9. The lowest BCUT2D eigenvalue weighted by molar-refractivity contribution is 0.0702. The molecule has 0 bridgehead atoms. The van der Waals surface area contributed by atoms with Crippen LogP contribution in [0.25, 0.3) is 11.0 Å². The van der Waals surface area contributed by atoms with Gasteiger partial charge >= 0.3 is 5.97 Å². The van der Waals surface area contributed by atoms with Crippen molar-refractivity contribution in [3.8, 4) is 17.6 Å². The SMILES string of the molecule is Cc1ccc(C2C(C#N)=C(N)Oc3cc(OC(=O)c4oc5ccc(Br)cc5c4C)ccc32)cc1. The Hall–Kier alpha value is -4.02. The van der Waals surface area contributed by atoms with Crippen LogP contribution in [0.4, 0.5) is 0 Å². The van der Waals surface area contributed by atoms with Gasteiger partial charge in [0.25, 0.3) is 0 Å². The van der Waals surface area contributed by atoms with E-state index in [0.717, 1.165) is 26.5 Å². The van der Waals surface area contributed by atoms with E-state index < -0.39 is 5.97 Å². The van der Waals surface area contributed by atoms with E-state index in [0.29, 0.717) is 22.5 Å². The van der Waals surface area contributed by atoms with Crippen LogP contribution in [-0.4, -0.2) is 5.97 Å². The molecule has 34 heavy (non-hydrogen) atoms. The van der Waals surface area contributed by atoms with Gasteiger partial charge in [-0.1, -0.05) is 51.8 Å². The molecule has 0 fully saturated rings. The van der Waals surface area contributed by atoms with Crippen molar-refractivity contribution in [2.24, 2.45) is 5.73 Å². The summed E-state index contributed by atoms with van der Waals surface area (Å²) in [6, 6.07) is 20.7.